The first-order valence-corrected chi connectivity index (χ1v) is 12.6. The van der Waals surface area contributed by atoms with Gasteiger partial charge in [-0.25, -0.2) is 27.7 Å². The Balaban J connectivity index is 1.45. The van der Waals surface area contributed by atoms with Crippen LogP contribution in [-0.2, 0) is 0 Å². The van der Waals surface area contributed by atoms with Gasteiger partial charge in [-0.2, -0.15) is 18.3 Å². The molecule has 2 N–H and O–H groups in total. The Morgan fingerprint density at radius 1 is 1.27 bits per heavy atom. The van der Waals surface area contributed by atoms with Gasteiger partial charge in [-0.3, -0.25) is 4.79 Å². The maximum absolute atomic E-state index is 13.9. The minimum atomic E-state index is -4.58. The lowest BCUT2D eigenvalue weighted by atomic mass is 9.84. The van der Waals surface area contributed by atoms with Gasteiger partial charge in [-0.15, -0.1) is 0 Å². The zero-order valence-electron chi connectivity index (χ0n) is 21.8. The number of carbonyl (C=O) groups excluding carboxylic acids is 2. The SMILES string of the molecule is CC(c1cnn2cc(C(CC(C)(C)C(F)(F)F)NC(=O)c3nonc3C3CC3)nc2c1)N1CC(F)(F)CNC1=O. The van der Waals surface area contributed by atoms with Crippen molar-refractivity contribution < 1.29 is 36.2 Å². The summed E-state index contributed by atoms with van der Waals surface area (Å²) in [6.45, 7) is 2.05. The van der Waals surface area contributed by atoms with E-state index >= 15 is 0 Å². The summed E-state index contributed by atoms with van der Waals surface area (Å²) in [4.78, 5) is 30.7. The summed E-state index contributed by atoms with van der Waals surface area (Å²) in [5.41, 5.74) is -1.27. The van der Waals surface area contributed by atoms with Crippen LogP contribution < -0.4 is 10.6 Å². The van der Waals surface area contributed by atoms with Gasteiger partial charge in [0.15, 0.2) is 11.3 Å². The van der Waals surface area contributed by atoms with E-state index in [4.69, 9.17) is 4.63 Å². The number of alkyl halides is 5. The highest BCUT2D eigenvalue weighted by Gasteiger charge is 2.49. The molecule has 3 amide bonds. The summed E-state index contributed by atoms with van der Waals surface area (Å²) in [6, 6.07) is -1.17. The van der Waals surface area contributed by atoms with Crippen molar-refractivity contribution in [1.82, 2.24) is 40.4 Å². The summed E-state index contributed by atoms with van der Waals surface area (Å²) >= 11 is 0. The van der Waals surface area contributed by atoms with Crippen LogP contribution in [0.4, 0.5) is 26.7 Å². The van der Waals surface area contributed by atoms with Crippen LogP contribution in [0.5, 0.6) is 0 Å². The van der Waals surface area contributed by atoms with Gasteiger partial charge >= 0.3 is 12.2 Å². The summed E-state index contributed by atoms with van der Waals surface area (Å²) in [7, 11) is 0. The summed E-state index contributed by atoms with van der Waals surface area (Å²) in [5.74, 6) is -3.85. The number of hydrogen-bond donors (Lipinski definition) is 2. The molecule has 2 aliphatic rings. The zero-order valence-corrected chi connectivity index (χ0v) is 21.8. The topological polar surface area (TPSA) is 131 Å². The van der Waals surface area contributed by atoms with Crippen molar-refractivity contribution in [2.75, 3.05) is 13.1 Å². The van der Waals surface area contributed by atoms with E-state index in [1.807, 2.05) is 0 Å². The van der Waals surface area contributed by atoms with Gasteiger partial charge < -0.3 is 15.5 Å². The van der Waals surface area contributed by atoms with E-state index in [-0.39, 0.29) is 23.0 Å². The van der Waals surface area contributed by atoms with Crippen molar-refractivity contribution in [2.45, 2.75) is 70.1 Å². The molecule has 1 aliphatic carbocycles. The first-order valence-electron chi connectivity index (χ1n) is 12.6. The average Bonchev–Trinajstić information content (AvgIpc) is 3.42. The van der Waals surface area contributed by atoms with Crippen molar-refractivity contribution in [1.29, 1.82) is 0 Å². The van der Waals surface area contributed by atoms with Crippen molar-refractivity contribution in [3.63, 3.8) is 0 Å². The molecule has 2 atom stereocenters. The van der Waals surface area contributed by atoms with Crippen LogP contribution >= 0.6 is 0 Å². The third-order valence-electron chi connectivity index (χ3n) is 7.31. The molecule has 2 fully saturated rings. The Morgan fingerprint density at radius 2 is 2.00 bits per heavy atom. The quantitative estimate of drug-likeness (QED) is 0.389. The van der Waals surface area contributed by atoms with Crippen LogP contribution in [0.2, 0.25) is 0 Å². The minimum absolute atomic E-state index is 0.0128. The number of halogens is 5. The molecule has 4 heterocycles. The van der Waals surface area contributed by atoms with E-state index < -0.39 is 61.0 Å². The van der Waals surface area contributed by atoms with Gasteiger partial charge in [0.2, 0.25) is 0 Å². The molecule has 1 saturated carbocycles. The van der Waals surface area contributed by atoms with E-state index in [9.17, 15) is 31.5 Å². The first kappa shape index (κ1) is 27.7. The van der Waals surface area contributed by atoms with E-state index in [0.29, 0.717) is 11.3 Å². The van der Waals surface area contributed by atoms with Crippen molar-refractivity contribution >= 4 is 17.6 Å². The zero-order chi connectivity index (χ0) is 29.0. The predicted octanol–water partition coefficient (Wildman–Crippen LogP) is 4.16. The number of fused-ring (bicyclic) bond motifs is 1. The minimum Gasteiger partial charge on any atom is -0.342 e. The van der Waals surface area contributed by atoms with Crippen molar-refractivity contribution in [3.8, 4) is 0 Å². The lowest BCUT2D eigenvalue weighted by molar-refractivity contribution is -0.215. The monoisotopic (exact) mass is 570 g/mol. The third kappa shape index (κ3) is 5.43. The molecule has 5 rings (SSSR count). The van der Waals surface area contributed by atoms with Crippen LogP contribution in [0.25, 0.3) is 5.65 Å². The van der Waals surface area contributed by atoms with Gasteiger partial charge in [-0.05, 0) is 43.0 Å². The van der Waals surface area contributed by atoms with Crippen LogP contribution in [0.15, 0.2) is 23.1 Å². The largest absolute Gasteiger partial charge is 0.394 e. The summed E-state index contributed by atoms with van der Waals surface area (Å²) in [5, 5.41) is 16.4. The van der Waals surface area contributed by atoms with E-state index in [0.717, 1.165) is 31.6 Å². The number of hydrogen-bond acceptors (Lipinski definition) is 7. The maximum Gasteiger partial charge on any atom is 0.394 e. The number of rotatable bonds is 8. The van der Waals surface area contributed by atoms with E-state index in [1.165, 1.54) is 23.0 Å². The second kappa shape index (κ2) is 9.66. The highest BCUT2D eigenvalue weighted by atomic mass is 19.4. The van der Waals surface area contributed by atoms with Gasteiger partial charge in [0.1, 0.15) is 5.69 Å². The highest BCUT2D eigenvalue weighted by molar-refractivity contribution is 5.93. The molecule has 2 unspecified atom stereocenters. The fraction of sp³-hybridized carbons (Fsp3) is 0.583. The Labute approximate surface area is 224 Å². The second-order valence-corrected chi connectivity index (χ2v) is 11.0. The lowest BCUT2D eigenvalue weighted by Gasteiger charge is -2.36. The summed E-state index contributed by atoms with van der Waals surface area (Å²) in [6.07, 6.45) is -0.793. The molecule has 0 radical (unpaired) electrons. The van der Waals surface area contributed by atoms with E-state index in [1.54, 1.807) is 6.92 Å². The smallest absolute Gasteiger partial charge is 0.342 e. The molecular formula is C24H27F5N8O3. The predicted molar refractivity (Wildman–Crippen MR) is 127 cm³/mol. The fourth-order valence-electron chi connectivity index (χ4n) is 4.54. The number of carbonyl (C=O) groups is 2. The maximum atomic E-state index is 13.9. The number of amides is 3. The first-order chi connectivity index (χ1) is 18.6. The van der Waals surface area contributed by atoms with Gasteiger partial charge in [0, 0.05) is 5.92 Å². The molecule has 1 aliphatic heterocycles. The summed E-state index contributed by atoms with van der Waals surface area (Å²) < 4.78 is 75.4. The average molecular weight is 571 g/mol. The molecule has 11 nitrogen and oxygen atoms in total. The molecule has 40 heavy (non-hydrogen) atoms. The van der Waals surface area contributed by atoms with Crippen LogP contribution in [0, 0.1) is 5.41 Å². The number of aromatic nitrogens is 5. The molecule has 216 valence electrons. The second-order valence-electron chi connectivity index (χ2n) is 11.0. The Hall–Kier alpha value is -3.85. The molecule has 0 spiro atoms. The molecule has 0 aromatic carbocycles. The van der Waals surface area contributed by atoms with Gasteiger partial charge in [0.25, 0.3) is 11.8 Å². The van der Waals surface area contributed by atoms with E-state index in [2.05, 4.69) is 31.0 Å². The van der Waals surface area contributed by atoms with Crippen LogP contribution in [0.1, 0.15) is 85.5 Å². The molecular weight excluding hydrogens is 543 g/mol. The number of imidazole rings is 1. The van der Waals surface area contributed by atoms with Crippen molar-refractivity contribution in [2.24, 2.45) is 5.41 Å². The van der Waals surface area contributed by atoms with Crippen LogP contribution in [-0.4, -0.2) is 66.9 Å². The normalized spacial score (nSPS) is 19.4. The van der Waals surface area contributed by atoms with Crippen molar-refractivity contribution in [3.05, 3.63) is 41.1 Å². The number of nitrogens with one attached hydrogen (secondary N) is 2. The fourth-order valence-corrected chi connectivity index (χ4v) is 4.54. The molecule has 3 aromatic rings. The lowest BCUT2D eigenvalue weighted by Crippen LogP contribution is -2.57. The Kier molecular flexibility index (Phi) is 6.69. The van der Waals surface area contributed by atoms with Gasteiger partial charge in [0.05, 0.1) is 48.7 Å². The molecule has 16 heteroatoms. The van der Waals surface area contributed by atoms with Gasteiger partial charge in [-0.1, -0.05) is 19.0 Å². The number of urea groups is 1. The number of nitrogens with zero attached hydrogens (tertiary/aromatic N) is 6. The molecule has 0 bridgehead atoms. The molecule has 3 aromatic heterocycles. The Bertz CT molecular complexity index is 1430. The Morgan fingerprint density at radius 3 is 2.67 bits per heavy atom. The third-order valence-corrected chi connectivity index (χ3v) is 7.31. The highest BCUT2D eigenvalue weighted by Crippen LogP contribution is 2.44. The molecule has 1 saturated heterocycles. The van der Waals surface area contributed by atoms with Crippen LogP contribution in [0.3, 0.4) is 0 Å². The standard InChI is InChI=1S/C24H27F5N8O3/c1-12(36-11-23(25,26)10-30-21(36)39)14-6-17-32-16(9-37(17)31-8-14)15(7-22(2,3)24(27,28)29)33-20(38)19-18(13-4-5-13)34-40-35-19/h6,8-9,12-13,15H,4-5,7,10-11H2,1-3H3,(H,30,39)(H,33,38).